The van der Waals surface area contributed by atoms with Crippen LogP contribution in [0.1, 0.15) is 32.9 Å². The van der Waals surface area contributed by atoms with E-state index < -0.39 is 11.6 Å². The molecule has 13 heteroatoms. The highest BCUT2D eigenvalue weighted by Gasteiger charge is 2.30. The second-order valence-corrected chi connectivity index (χ2v) is 9.28. The minimum Gasteiger partial charge on any atom is -0.445 e. The molecule has 0 saturated carbocycles. The number of carbonyl (C=O) groups excluding carboxylic acids is 2. The quantitative estimate of drug-likeness (QED) is 0.431. The normalized spacial score (nSPS) is 14.4. The van der Waals surface area contributed by atoms with Crippen molar-refractivity contribution in [3.63, 3.8) is 0 Å². The lowest BCUT2D eigenvalue weighted by Crippen LogP contribution is -2.36. The molecule has 0 fully saturated rings. The SMILES string of the molecule is O=C(Nc1ccc2c(c1)N=NC2)c1n[nH]c2c1CCN(C(=O)OCc1ccc(SC(F)(F)F)cc1)C2. The molecule has 2 aliphatic rings. The Labute approximate surface area is 207 Å². The first-order valence-electron chi connectivity index (χ1n) is 10.9. The van der Waals surface area contributed by atoms with Crippen LogP contribution in [0.25, 0.3) is 0 Å². The van der Waals surface area contributed by atoms with Gasteiger partial charge in [-0.1, -0.05) is 18.2 Å². The van der Waals surface area contributed by atoms with Crippen LogP contribution in [0.5, 0.6) is 0 Å². The number of amides is 2. The molecule has 0 unspecified atom stereocenters. The van der Waals surface area contributed by atoms with E-state index in [0.717, 1.165) is 16.8 Å². The van der Waals surface area contributed by atoms with Crippen LogP contribution >= 0.6 is 11.8 Å². The number of fused-ring (bicyclic) bond motifs is 2. The molecule has 0 radical (unpaired) electrons. The smallest absolute Gasteiger partial charge is 0.445 e. The highest BCUT2D eigenvalue weighted by molar-refractivity contribution is 8.00. The van der Waals surface area contributed by atoms with E-state index in [1.54, 1.807) is 12.1 Å². The van der Waals surface area contributed by atoms with Crippen LogP contribution in [0.3, 0.4) is 0 Å². The van der Waals surface area contributed by atoms with E-state index in [2.05, 4.69) is 25.7 Å². The minimum absolute atomic E-state index is 0.0573. The number of azo groups is 1. The summed E-state index contributed by atoms with van der Waals surface area (Å²) in [6.07, 6.45) is -0.159. The van der Waals surface area contributed by atoms with Crippen molar-refractivity contribution in [2.24, 2.45) is 10.2 Å². The van der Waals surface area contributed by atoms with E-state index in [-0.39, 0.29) is 41.4 Å². The molecule has 5 rings (SSSR count). The second kappa shape index (κ2) is 9.64. The Morgan fingerprint density at radius 3 is 2.75 bits per heavy atom. The van der Waals surface area contributed by atoms with E-state index in [1.165, 1.54) is 29.2 Å². The Kier molecular flexibility index (Phi) is 6.39. The van der Waals surface area contributed by atoms with Crippen molar-refractivity contribution in [3.8, 4) is 0 Å². The average molecular weight is 517 g/mol. The molecule has 1 aromatic heterocycles. The third-order valence-electron chi connectivity index (χ3n) is 5.69. The summed E-state index contributed by atoms with van der Waals surface area (Å²) in [5.41, 5.74) is 0.148. The van der Waals surface area contributed by atoms with Crippen molar-refractivity contribution in [2.45, 2.75) is 36.5 Å². The Balaban J connectivity index is 1.16. The summed E-state index contributed by atoms with van der Waals surface area (Å²) < 4.78 is 42.7. The van der Waals surface area contributed by atoms with Crippen molar-refractivity contribution in [1.82, 2.24) is 15.1 Å². The molecule has 2 aliphatic heterocycles. The van der Waals surface area contributed by atoms with Gasteiger partial charge in [-0.3, -0.25) is 9.89 Å². The fourth-order valence-electron chi connectivity index (χ4n) is 3.93. The molecule has 3 aromatic rings. The lowest BCUT2D eigenvalue weighted by Gasteiger charge is -2.26. The first-order valence-corrected chi connectivity index (χ1v) is 11.7. The van der Waals surface area contributed by atoms with Gasteiger partial charge in [0.15, 0.2) is 5.69 Å². The molecule has 2 aromatic carbocycles. The lowest BCUT2D eigenvalue weighted by molar-refractivity contribution is -0.0328. The van der Waals surface area contributed by atoms with Crippen LogP contribution in [-0.4, -0.2) is 39.2 Å². The zero-order valence-electron chi connectivity index (χ0n) is 18.6. The van der Waals surface area contributed by atoms with E-state index in [9.17, 15) is 22.8 Å². The number of rotatable bonds is 5. The Hall–Kier alpha value is -3.87. The molecule has 2 N–H and O–H groups in total. The van der Waals surface area contributed by atoms with Gasteiger partial charge in [-0.2, -0.15) is 28.5 Å². The maximum absolute atomic E-state index is 12.8. The first kappa shape index (κ1) is 23.9. The number of hydrogen-bond donors (Lipinski definition) is 2. The molecular formula is C23H19F3N6O3S. The van der Waals surface area contributed by atoms with Gasteiger partial charge in [0.05, 0.1) is 24.5 Å². The molecule has 0 atom stereocenters. The summed E-state index contributed by atoms with van der Waals surface area (Å²) in [4.78, 5) is 26.9. The third-order valence-corrected chi connectivity index (χ3v) is 6.43. The fourth-order valence-corrected chi connectivity index (χ4v) is 4.47. The number of H-pyrrole nitrogens is 1. The summed E-state index contributed by atoms with van der Waals surface area (Å²) >= 11 is -0.203. The number of hydrogen-bond acceptors (Lipinski definition) is 7. The number of ether oxygens (including phenoxy) is 1. The van der Waals surface area contributed by atoms with Crippen LogP contribution in [0.2, 0.25) is 0 Å². The highest BCUT2D eigenvalue weighted by Crippen LogP contribution is 2.36. The van der Waals surface area contributed by atoms with Gasteiger partial charge in [-0.25, -0.2) is 4.79 Å². The molecule has 0 saturated heterocycles. The number of nitrogens with zero attached hydrogens (tertiary/aromatic N) is 4. The van der Waals surface area contributed by atoms with Crippen molar-refractivity contribution >= 4 is 35.1 Å². The predicted molar refractivity (Wildman–Crippen MR) is 124 cm³/mol. The van der Waals surface area contributed by atoms with E-state index in [0.29, 0.717) is 36.5 Å². The van der Waals surface area contributed by atoms with Gasteiger partial charge < -0.3 is 15.0 Å². The number of halogens is 3. The number of nitrogens with one attached hydrogen (secondary N) is 2. The number of anilines is 1. The second-order valence-electron chi connectivity index (χ2n) is 8.14. The van der Waals surface area contributed by atoms with Crippen molar-refractivity contribution in [3.05, 3.63) is 70.5 Å². The monoisotopic (exact) mass is 516 g/mol. The molecule has 0 bridgehead atoms. The maximum atomic E-state index is 12.8. The summed E-state index contributed by atoms with van der Waals surface area (Å²) in [6.45, 7) is 0.972. The van der Waals surface area contributed by atoms with Gasteiger partial charge in [0, 0.05) is 28.3 Å². The van der Waals surface area contributed by atoms with E-state index >= 15 is 0 Å². The summed E-state index contributed by atoms with van der Waals surface area (Å²) in [5, 5.41) is 17.8. The molecule has 186 valence electrons. The number of aromatic nitrogens is 2. The zero-order chi connectivity index (χ0) is 25.3. The molecule has 0 aliphatic carbocycles. The topological polar surface area (TPSA) is 112 Å². The molecule has 2 amide bonds. The minimum atomic E-state index is -4.36. The summed E-state index contributed by atoms with van der Waals surface area (Å²) in [6, 6.07) is 11.0. The Morgan fingerprint density at radius 2 is 1.97 bits per heavy atom. The van der Waals surface area contributed by atoms with Crippen LogP contribution in [0.15, 0.2) is 57.6 Å². The Bertz CT molecular complexity index is 1340. The first-order chi connectivity index (χ1) is 17.2. The highest BCUT2D eigenvalue weighted by atomic mass is 32.2. The fraction of sp³-hybridized carbons (Fsp3) is 0.261. The molecule has 9 nitrogen and oxygen atoms in total. The predicted octanol–water partition coefficient (Wildman–Crippen LogP) is 5.57. The van der Waals surface area contributed by atoms with E-state index in [1.807, 2.05) is 6.07 Å². The van der Waals surface area contributed by atoms with Crippen LogP contribution in [-0.2, 0) is 30.9 Å². The largest absolute Gasteiger partial charge is 0.446 e. The number of alkyl halides is 3. The lowest BCUT2D eigenvalue weighted by atomic mass is 10.0. The van der Waals surface area contributed by atoms with Crippen LogP contribution in [0.4, 0.5) is 29.3 Å². The van der Waals surface area contributed by atoms with Gasteiger partial charge in [0.1, 0.15) is 6.61 Å². The number of aromatic amines is 1. The van der Waals surface area contributed by atoms with Crippen LogP contribution < -0.4 is 5.32 Å². The standard InChI is InChI=1S/C23H19F3N6O3S/c24-23(25,26)36-16-5-1-13(2-6-16)12-35-22(34)32-8-7-17-19(11-32)30-31-20(17)21(33)28-15-4-3-14-10-27-29-18(14)9-15/h1-6,9H,7-8,10-12H2,(H,28,33)(H,30,31). The van der Waals surface area contributed by atoms with Gasteiger partial charge in [-0.15, -0.1) is 0 Å². The summed E-state index contributed by atoms with van der Waals surface area (Å²) in [7, 11) is 0. The van der Waals surface area contributed by atoms with Gasteiger partial charge in [0.25, 0.3) is 5.91 Å². The molecule has 36 heavy (non-hydrogen) atoms. The van der Waals surface area contributed by atoms with E-state index in [4.69, 9.17) is 4.74 Å². The zero-order valence-corrected chi connectivity index (χ0v) is 19.4. The van der Waals surface area contributed by atoms with Crippen molar-refractivity contribution in [2.75, 3.05) is 11.9 Å². The molecule has 0 spiro atoms. The third kappa shape index (κ3) is 5.35. The van der Waals surface area contributed by atoms with Gasteiger partial charge in [-0.05, 0) is 48.0 Å². The molecular weight excluding hydrogens is 497 g/mol. The van der Waals surface area contributed by atoms with Gasteiger partial charge >= 0.3 is 11.6 Å². The number of benzene rings is 2. The van der Waals surface area contributed by atoms with Crippen molar-refractivity contribution in [1.29, 1.82) is 0 Å². The average Bonchev–Trinajstić information content (AvgIpc) is 3.48. The Morgan fingerprint density at radius 1 is 1.17 bits per heavy atom. The number of thioether (sulfide) groups is 1. The van der Waals surface area contributed by atoms with Gasteiger partial charge in [0.2, 0.25) is 0 Å². The molecule has 3 heterocycles. The number of carbonyl (C=O) groups is 2. The van der Waals surface area contributed by atoms with Crippen molar-refractivity contribution < 1.29 is 27.5 Å². The maximum Gasteiger partial charge on any atom is 0.446 e. The summed E-state index contributed by atoms with van der Waals surface area (Å²) in [5.74, 6) is -0.370. The van der Waals surface area contributed by atoms with Crippen LogP contribution in [0, 0.1) is 0 Å².